The Morgan fingerprint density at radius 3 is 2.40 bits per heavy atom. The topological polar surface area (TPSA) is 90.9 Å². The average Bonchev–Trinajstić information content (AvgIpc) is 2.60. The minimum absolute atomic E-state index is 0.0224. The zero-order valence-electron chi connectivity index (χ0n) is 12.6. The Hall–Kier alpha value is -2.51. The summed E-state index contributed by atoms with van der Waals surface area (Å²) in [6.45, 7) is -0.0969. The van der Waals surface area contributed by atoms with Crippen molar-refractivity contribution in [2.75, 3.05) is 6.61 Å². The van der Waals surface area contributed by atoms with Crippen LogP contribution in [0.3, 0.4) is 0 Å². The molecule has 0 fully saturated rings. The van der Waals surface area contributed by atoms with Crippen LogP contribution in [0.5, 0.6) is 5.75 Å². The third-order valence-electron chi connectivity index (χ3n) is 3.06. The molecule has 0 bridgehead atoms. The Morgan fingerprint density at radius 1 is 1.12 bits per heavy atom. The van der Waals surface area contributed by atoms with E-state index in [2.05, 4.69) is 0 Å². The molecule has 2 rings (SSSR count). The Morgan fingerprint density at radius 2 is 1.80 bits per heavy atom. The quantitative estimate of drug-likeness (QED) is 0.709. The molecule has 2 aromatic carbocycles. The van der Waals surface area contributed by atoms with E-state index in [-0.39, 0.29) is 21.5 Å². The van der Waals surface area contributed by atoms with Crippen molar-refractivity contribution in [1.82, 2.24) is 0 Å². The molecule has 0 atom stereocenters. The minimum atomic E-state index is -4.12. The number of nitriles is 2. The molecule has 0 amide bonds. The van der Waals surface area contributed by atoms with E-state index in [1.165, 1.54) is 24.3 Å². The Bertz CT molecular complexity index is 1000. The Balaban J connectivity index is 2.41. The summed E-state index contributed by atoms with van der Waals surface area (Å²) < 4.78 is 30.4. The summed E-state index contributed by atoms with van der Waals surface area (Å²) in [5, 5.41) is 17.9. The van der Waals surface area contributed by atoms with Crippen molar-refractivity contribution >= 4 is 39.1 Å². The molecule has 0 aromatic heterocycles. The van der Waals surface area contributed by atoms with Crippen molar-refractivity contribution in [3.8, 4) is 17.9 Å². The molecule has 0 spiro atoms. The molecule has 0 heterocycles. The van der Waals surface area contributed by atoms with Crippen LogP contribution in [0, 0.1) is 22.7 Å². The molecule has 5 nitrogen and oxygen atoms in total. The monoisotopic (exact) mass is 392 g/mol. The molecule has 0 N–H and O–H groups in total. The smallest absolute Gasteiger partial charge is 0.218 e. The lowest BCUT2D eigenvalue weighted by molar-refractivity contribution is 0.368. The van der Waals surface area contributed by atoms with Crippen LogP contribution in [0.25, 0.3) is 6.08 Å². The molecular weight excluding hydrogens is 383 g/mol. The van der Waals surface area contributed by atoms with Crippen LogP contribution in [0.4, 0.5) is 0 Å². The van der Waals surface area contributed by atoms with E-state index in [0.717, 1.165) is 0 Å². The predicted molar refractivity (Wildman–Crippen MR) is 94.8 cm³/mol. The lowest BCUT2D eigenvalue weighted by Crippen LogP contribution is -2.04. The molecule has 8 heteroatoms. The highest BCUT2D eigenvalue weighted by Crippen LogP contribution is 2.30. The summed E-state index contributed by atoms with van der Waals surface area (Å²) in [6, 6.07) is 13.8. The molecule has 2 aromatic rings. The van der Waals surface area contributed by atoms with Gasteiger partial charge in [-0.2, -0.15) is 10.5 Å². The normalized spacial score (nSPS) is 11.4. The maximum Gasteiger partial charge on any atom is 0.218 e. The fourth-order valence-corrected chi connectivity index (χ4v) is 3.81. The molecule has 0 aliphatic heterocycles. The number of allylic oxidation sites excluding steroid dienone is 1. The van der Waals surface area contributed by atoms with Gasteiger partial charge in [-0.05, 0) is 42.0 Å². The second-order valence-electron chi connectivity index (χ2n) is 4.71. The Kier molecular flexibility index (Phi) is 6.06. The number of hydrogen-bond donors (Lipinski definition) is 0. The van der Waals surface area contributed by atoms with Gasteiger partial charge < -0.3 is 4.74 Å². The number of halogens is 2. The van der Waals surface area contributed by atoms with Gasteiger partial charge in [0.15, 0.2) is 6.61 Å². The maximum atomic E-state index is 12.7. The number of hydrogen-bond acceptors (Lipinski definition) is 5. The third-order valence-corrected chi connectivity index (χ3v) is 5.45. The van der Waals surface area contributed by atoms with Crippen molar-refractivity contribution in [2.45, 2.75) is 4.90 Å². The zero-order chi connectivity index (χ0) is 18.4. The largest absolute Gasteiger partial charge is 0.479 e. The number of benzene rings is 2. The fourth-order valence-electron chi connectivity index (χ4n) is 1.90. The van der Waals surface area contributed by atoms with E-state index in [4.69, 9.17) is 33.2 Å². The van der Waals surface area contributed by atoms with Crippen molar-refractivity contribution in [1.29, 1.82) is 10.5 Å². The molecular formula is C17H10Cl2N2O3S. The molecule has 126 valence electrons. The van der Waals surface area contributed by atoms with Crippen molar-refractivity contribution in [3.63, 3.8) is 0 Å². The second kappa shape index (κ2) is 8.04. The first-order valence-electron chi connectivity index (χ1n) is 6.80. The fraction of sp³-hybridized carbons (Fsp3) is 0.0588. The van der Waals surface area contributed by atoms with Crippen LogP contribution in [-0.2, 0) is 9.84 Å². The third kappa shape index (κ3) is 4.52. The standard InChI is InChI=1S/C17H10Cl2N2O3S/c18-13-3-6-16(19)17(10-13)25(22,23)15(11-21)9-12-1-4-14(5-2-12)24-8-7-20/h1-6,9-10H,8H2/b15-9+. The first-order chi connectivity index (χ1) is 11.9. The first-order valence-corrected chi connectivity index (χ1v) is 9.04. The highest BCUT2D eigenvalue weighted by molar-refractivity contribution is 7.95. The molecule has 0 saturated carbocycles. The molecule has 25 heavy (non-hydrogen) atoms. The van der Waals surface area contributed by atoms with Gasteiger partial charge in [0.25, 0.3) is 0 Å². The highest BCUT2D eigenvalue weighted by Gasteiger charge is 2.24. The van der Waals surface area contributed by atoms with E-state index in [1.807, 2.05) is 6.07 Å². The van der Waals surface area contributed by atoms with Crippen LogP contribution < -0.4 is 4.74 Å². The van der Waals surface area contributed by atoms with Gasteiger partial charge in [0.1, 0.15) is 22.8 Å². The number of nitrogens with zero attached hydrogens (tertiary/aromatic N) is 2. The van der Waals surface area contributed by atoms with Crippen molar-refractivity contribution < 1.29 is 13.2 Å². The summed E-state index contributed by atoms with van der Waals surface area (Å²) >= 11 is 11.8. The summed E-state index contributed by atoms with van der Waals surface area (Å²) in [5.41, 5.74) is 0.475. The van der Waals surface area contributed by atoms with Crippen LogP contribution in [0.1, 0.15) is 5.56 Å². The van der Waals surface area contributed by atoms with Crippen LogP contribution in [0.2, 0.25) is 10.0 Å². The summed E-state index contributed by atoms with van der Waals surface area (Å²) in [6.07, 6.45) is 1.22. The van der Waals surface area contributed by atoms with Crippen LogP contribution in [-0.4, -0.2) is 15.0 Å². The van der Waals surface area contributed by atoms with Crippen LogP contribution >= 0.6 is 23.2 Å². The van der Waals surface area contributed by atoms with Gasteiger partial charge in [0, 0.05) is 5.02 Å². The minimum Gasteiger partial charge on any atom is -0.479 e. The van der Waals surface area contributed by atoms with Gasteiger partial charge >= 0.3 is 0 Å². The van der Waals surface area contributed by atoms with Gasteiger partial charge in [0.2, 0.25) is 9.84 Å². The van der Waals surface area contributed by atoms with Gasteiger partial charge in [-0.25, -0.2) is 8.42 Å². The molecule has 0 aliphatic carbocycles. The molecule has 0 aliphatic rings. The van der Waals surface area contributed by atoms with E-state index >= 15 is 0 Å². The van der Waals surface area contributed by atoms with Gasteiger partial charge in [0.05, 0.1) is 9.92 Å². The number of rotatable bonds is 5. The molecule has 0 unspecified atom stereocenters. The highest BCUT2D eigenvalue weighted by atomic mass is 35.5. The molecule has 0 saturated heterocycles. The second-order valence-corrected chi connectivity index (χ2v) is 7.44. The summed E-state index contributed by atoms with van der Waals surface area (Å²) in [7, 11) is -4.12. The van der Waals surface area contributed by atoms with Gasteiger partial charge in [-0.1, -0.05) is 35.3 Å². The van der Waals surface area contributed by atoms with Crippen LogP contribution in [0.15, 0.2) is 52.3 Å². The van der Waals surface area contributed by atoms with Crippen molar-refractivity contribution in [2.24, 2.45) is 0 Å². The summed E-state index contributed by atoms with van der Waals surface area (Å²) in [4.78, 5) is -0.703. The number of sulfone groups is 1. The Labute approximate surface area is 155 Å². The SMILES string of the molecule is N#CCOc1ccc(/C=C(\C#N)S(=O)(=O)c2cc(Cl)ccc2Cl)cc1. The maximum absolute atomic E-state index is 12.7. The lowest BCUT2D eigenvalue weighted by Gasteiger charge is -2.06. The average molecular weight is 393 g/mol. The van der Waals surface area contributed by atoms with Gasteiger partial charge in [-0.3, -0.25) is 0 Å². The lowest BCUT2D eigenvalue weighted by atomic mass is 10.2. The zero-order valence-corrected chi connectivity index (χ0v) is 14.9. The predicted octanol–water partition coefficient (Wildman–Crippen LogP) is 4.23. The number of ether oxygens (including phenoxy) is 1. The van der Waals surface area contributed by atoms with E-state index in [1.54, 1.807) is 30.3 Å². The van der Waals surface area contributed by atoms with E-state index < -0.39 is 14.7 Å². The van der Waals surface area contributed by atoms with E-state index in [0.29, 0.717) is 11.3 Å². The first kappa shape index (κ1) is 18.8. The summed E-state index contributed by atoms with van der Waals surface area (Å²) in [5.74, 6) is 0.456. The molecule has 0 radical (unpaired) electrons. The van der Waals surface area contributed by atoms with Gasteiger partial charge in [-0.15, -0.1) is 0 Å². The van der Waals surface area contributed by atoms with E-state index in [9.17, 15) is 13.7 Å². The van der Waals surface area contributed by atoms with Crippen molar-refractivity contribution in [3.05, 3.63) is 63.0 Å².